The molecule has 0 saturated carbocycles. The monoisotopic (exact) mass is 179 g/mol. The van der Waals surface area contributed by atoms with Crippen molar-refractivity contribution in [3.63, 3.8) is 0 Å². The van der Waals surface area contributed by atoms with Crippen molar-refractivity contribution >= 4 is 0 Å². The summed E-state index contributed by atoms with van der Waals surface area (Å²) in [6, 6.07) is 1.60. The molecule has 70 valence electrons. The van der Waals surface area contributed by atoms with E-state index in [2.05, 4.69) is 16.5 Å². The Morgan fingerprint density at radius 2 is 2.46 bits per heavy atom. The highest BCUT2D eigenvalue weighted by molar-refractivity contribution is 5.16. The molecule has 1 rings (SSSR count). The Hall–Kier alpha value is -1.42. The molecular weight excluding hydrogens is 166 g/mol. The molecular formula is C9H13N3O. The van der Waals surface area contributed by atoms with Crippen molar-refractivity contribution in [2.45, 2.75) is 12.5 Å². The molecule has 0 aliphatic carbocycles. The Morgan fingerprint density at radius 1 is 1.69 bits per heavy atom. The summed E-state index contributed by atoms with van der Waals surface area (Å²) in [5.74, 6) is 0.532. The van der Waals surface area contributed by atoms with Crippen molar-refractivity contribution in [3.05, 3.63) is 30.7 Å². The first-order chi connectivity index (χ1) is 6.27. The van der Waals surface area contributed by atoms with E-state index in [0.717, 1.165) is 5.69 Å². The lowest BCUT2D eigenvalue weighted by molar-refractivity contribution is 0.395. The Kier molecular flexibility index (Phi) is 3.40. The Balaban J connectivity index is 2.81. The Bertz CT molecular complexity index is 288. The molecule has 4 nitrogen and oxygen atoms in total. The number of ether oxygens (including phenoxy) is 1. The first kappa shape index (κ1) is 9.67. The van der Waals surface area contributed by atoms with Crippen molar-refractivity contribution in [2.24, 2.45) is 5.73 Å². The van der Waals surface area contributed by atoms with Gasteiger partial charge in [-0.3, -0.25) is 0 Å². The molecule has 0 saturated heterocycles. The van der Waals surface area contributed by atoms with E-state index in [-0.39, 0.29) is 6.04 Å². The average molecular weight is 179 g/mol. The van der Waals surface area contributed by atoms with Gasteiger partial charge in [0.15, 0.2) is 0 Å². The standard InChI is InChI=1S/C9H13N3O/c1-3-4-7(10)8-5-9(13-2)12-6-11-8/h3,5-7H,1,4,10H2,2H3. The third kappa shape index (κ3) is 2.52. The van der Waals surface area contributed by atoms with Crippen molar-refractivity contribution in [1.29, 1.82) is 0 Å². The lowest BCUT2D eigenvalue weighted by atomic mass is 10.1. The number of hydrogen-bond acceptors (Lipinski definition) is 4. The summed E-state index contributed by atoms with van der Waals surface area (Å²) in [5, 5.41) is 0. The second-order valence-corrected chi connectivity index (χ2v) is 2.62. The summed E-state index contributed by atoms with van der Waals surface area (Å²) in [4.78, 5) is 7.93. The van der Waals surface area contributed by atoms with Crippen molar-refractivity contribution in [1.82, 2.24) is 9.97 Å². The highest BCUT2D eigenvalue weighted by Crippen LogP contribution is 2.14. The molecule has 4 heteroatoms. The Morgan fingerprint density at radius 3 is 3.08 bits per heavy atom. The molecule has 2 N–H and O–H groups in total. The molecule has 0 bridgehead atoms. The zero-order chi connectivity index (χ0) is 9.68. The van der Waals surface area contributed by atoms with E-state index in [0.29, 0.717) is 12.3 Å². The molecule has 0 amide bonds. The number of nitrogens with zero attached hydrogens (tertiary/aromatic N) is 2. The van der Waals surface area contributed by atoms with E-state index in [1.54, 1.807) is 19.3 Å². The molecule has 1 atom stereocenters. The number of rotatable bonds is 4. The lowest BCUT2D eigenvalue weighted by Crippen LogP contribution is -2.11. The lowest BCUT2D eigenvalue weighted by Gasteiger charge is -2.08. The molecule has 1 heterocycles. The van der Waals surface area contributed by atoms with Gasteiger partial charge in [-0.15, -0.1) is 6.58 Å². The first-order valence-corrected chi connectivity index (χ1v) is 4.00. The third-order valence-corrected chi connectivity index (χ3v) is 1.67. The van der Waals surface area contributed by atoms with Gasteiger partial charge >= 0.3 is 0 Å². The topological polar surface area (TPSA) is 61.0 Å². The number of nitrogens with two attached hydrogens (primary N) is 1. The molecule has 13 heavy (non-hydrogen) atoms. The van der Waals surface area contributed by atoms with Crippen molar-refractivity contribution in [3.8, 4) is 5.88 Å². The van der Waals surface area contributed by atoms with Crippen LogP contribution in [0.25, 0.3) is 0 Å². The minimum Gasteiger partial charge on any atom is -0.481 e. The maximum atomic E-state index is 5.81. The molecule has 1 unspecified atom stereocenters. The van der Waals surface area contributed by atoms with Gasteiger partial charge in [-0.25, -0.2) is 9.97 Å². The van der Waals surface area contributed by atoms with Gasteiger partial charge in [0.05, 0.1) is 18.8 Å². The van der Waals surface area contributed by atoms with Crippen LogP contribution in [0.1, 0.15) is 18.2 Å². The number of aromatic nitrogens is 2. The summed E-state index contributed by atoms with van der Waals surface area (Å²) in [5.41, 5.74) is 6.58. The highest BCUT2D eigenvalue weighted by Gasteiger charge is 2.06. The van der Waals surface area contributed by atoms with E-state index in [9.17, 15) is 0 Å². The fourth-order valence-electron chi connectivity index (χ4n) is 0.968. The summed E-state index contributed by atoms with van der Waals surface area (Å²) >= 11 is 0. The molecule has 0 spiro atoms. The van der Waals surface area contributed by atoms with Crippen LogP contribution in [-0.2, 0) is 0 Å². The molecule has 0 radical (unpaired) electrons. The van der Waals surface area contributed by atoms with E-state index in [1.165, 1.54) is 6.33 Å². The fraction of sp³-hybridized carbons (Fsp3) is 0.333. The summed E-state index contributed by atoms with van der Waals surface area (Å²) in [7, 11) is 1.56. The molecule has 0 fully saturated rings. The van der Waals surface area contributed by atoms with Crippen LogP contribution in [0.3, 0.4) is 0 Å². The second kappa shape index (κ2) is 4.57. The molecule has 0 aliphatic heterocycles. The van der Waals surface area contributed by atoms with Crippen LogP contribution >= 0.6 is 0 Å². The zero-order valence-electron chi connectivity index (χ0n) is 7.60. The van der Waals surface area contributed by atoms with Gasteiger partial charge in [0.25, 0.3) is 0 Å². The highest BCUT2D eigenvalue weighted by atomic mass is 16.5. The van der Waals surface area contributed by atoms with Crippen molar-refractivity contribution in [2.75, 3.05) is 7.11 Å². The van der Waals surface area contributed by atoms with E-state index in [4.69, 9.17) is 10.5 Å². The Labute approximate surface area is 77.5 Å². The predicted molar refractivity (Wildman–Crippen MR) is 50.3 cm³/mol. The van der Waals surface area contributed by atoms with Gasteiger partial charge in [0, 0.05) is 6.07 Å². The molecule has 0 aliphatic rings. The largest absolute Gasteiger partial charge is 0.481 e. The van der Waals surface area contributed by atoms with Crippen molar-refractivity contribution < 1.29 is 4.74 Å². The van der Waals surface area contributed by atoms with Crippen LogP contribution in [0.4, 0.5) is 0 Å². The van der Waals surface area contributed by atoms with Crippen LogP contribution in [0.2, 0.25) is 0 Å². The average Bonchev–Trinajstić information content (AvgIpc) is 2.18. The van der Waals surface area contributed by atoms with Crippen LogP contribution in [0.15, 0.2) is 25.0 Å². The minimum absolute atomic E-state index is 0.130. The van der Waals surface area contributed by atoms with Crippen LogP contribution < -0.4 is 10.5 Å². The normalized spacial score (nSPS) is 12.2. The first-order valence-electron chi connectivity index (χ1n) is 4.00. The van der Waals surface area contributed by atoms with Crippen LogP contribution in [-0.4, -0.2) is 17.1 Å². The van der Waals surface area contributed by atoms with Gasteiger partial charge in [-0.05, 0) is 6.42 Å². The fourth-order valence-corrected chi connectivity index (χ4v) is 0.968. The third-order valence-electron chi connectivity index (χ3n) is 1.67. The van der Waals surface area contributed by atoms with Gasteiger partial charge < -0.3 is 10.5 Å². The minimum atomic E-state index is -0.130. The second-order valence-electron chi connectivity index (χ2n) is 2.62. The quantitative estimate of drug-likeness (QED) is 0.702. The summed E-state index contributed by atoms with van der Waals surface area (Å²) in [6.07, 6.45) is 3.90. The number of methoxy groups -OCH3 is 1. The van der Waals surface area contributed by atoms with Gasteiger partial charge in [0.2, 0.25) is 5.88 Å². The van der Waals surface area contributed by atoms with Gasteiger partial charge in [-0.1, -0.05) is 6.08 Å². The van der Waals surface area contributed by atoms with Gasteiger partial charge in [0.1, 0.15) is 6.33 Å². The van der Waals surface area contributed by atoms with E-state index in [1.807, 2.05) is 0 Å². The SMILES string of the molecule is C=CCC(N)c1cc(OC)ncn1. The van der Waals surface area contributed by atoms with E-state index < -0.39 is 0 Å². The summed E-state index contributed by atoms with van der Waals surface area (Å²) < 4.78 is 4.95. The smallest absolute Gasteiger partial charge is 0.216 e. The van der Waals surface area contributed by atoms with Gasteiger partial charge in [-0.2, -0.15) is 0 Å². The molecule has 1 aromatic rings. The van der Waals surface area contributed by atoms with E-state index >= 15 is 0 Å². The molecule has 0 aromatic carbocycles. The summed E-state index contributed by atoms with van der Waals surface area (Å²) in [6.45, 7) is 3.61. The van der Waals surface area contributed by atoms with Crippen LogP contribution in [0.5, 0.6) is 5.88 Å². The van der Waals surface area contributed by atoms with Crippen LogP contribution in [0, 0.1) is 0 Å². The predicted octanol–water partition coefficient (Wildman–Crippen LogP) is 1.06. The maximum absolute atomic E-state index is 5.81. The molecule has 1 aromatic heterocycles. The maximum Gasteiger partial charge on any atom is 0.216 e. The zero-order valence-corrected chi connectivity index (χ0v) is 7.60. The number of hydrogen-bond donors (Lipinski definition) is 1.